The van der Waals surface area contributed by atoms with E-state index in [-0.39, 0.29) is 5.57 Å². The molecule has 0 fully saturated rings. The van der Waals surface area contributed by atoms with Gasteiger partial charge in [-0.2, -0.15) is 5.26 Å². The second-order valence-electron chi connectivity index (χ2n) is 6.11. The molecule has 140 valence electrons. The van der Waals surface area contributed by atoms with E-state index in [2.05, 4.69) is 12.2 Å². The molecule has 0 unspecified atom stereocenters. The molecule has 0 spiro atoms. The molecule has 0 radical (unpaired) electrons. The Labute approximate surface area is 165 Å². The summed E-state index contributed by atoms with van der Waals surface area (Å²) in [7, 11) is 0. The van der Waals surface area contributed by atoms with Crippen LogP contribution in [0.1, 0.15) is 38.2 Å². The van der Waals surface area contributed by atoms with Gasteiger partial charge in [-0.05, 0) is 54.5 Å². The average Bonchev–Trinajstić information content (AvgIpc) is 2.68. The van der Waals surface area contributed by atoms with Gasteiger partial charge >= 0.3 is 0 Å². The van der Waals surface area contributed by atoms with Gasteiger partial charge in [-0.15, -0.1) is 0 Å². The summed E-state index contributed by atoms with van der Waals surface area (Å²) in [6.07, 6.45) is 6.19. The first kappa shape index (κ1) is 20.5. The van der Waals surface area contributed by atoms with Crippen molar-refractivity contribution in [3.63, 3.8) is 0 Å². The lowest BCUT2D eigenvalue weighted by Gasteiger charge is -2.07. The zero-order valence-electron chi connectivity index (χ0n) is 15.4. The number of halogens is 1. The Morgan fingerprint density at radius 2 is 1.81 bits per heavy atom. The first-order chi connectivity index (χ1) is 13.1. The van der Waals surface area contributed by atoms with Crippen LogP contribution in [0.4, 0.5) is 5.69 Å². The van der Waals surface area contributed by atoms with Crippen LogP contribution in [0.3, 0.4) is 0 Å². The molecule has 1 amide bonds. The van der Waals surface area contributed by atoms with E-state index < -0.39 is 5.91 Å². The molecule has 5 heteroatoms. The number of amides is 1. The van der Waals surface area contributed by atoms with Crippen molar-refractivity contribution in [2.75, 3.05) is 11.9 Å². The minimum Gasteiger partial charge on any atom is -0.494 e. The molecule has 2 aromatic rings. The lowest BCUT2D eigenvalue weighted by atomic mass is 10.1. The maximum Gasteiger partial charge on any atom is 0.266 e. The van der Waals surface area contributed by atoms with Gasteiger partial charge in [0.15, 0.2) is 0 Å². The summed E-state index contributed by atoms with van der Waals surface area (Å²) in [6.45, 7) is 2.88. The smallest absolute Gasteiger partial charge is 0.266 e. The largest absolute Gasteiger partial charge is 0.494 e. The minimum atomic E-state index is -0.462. The van der Waals surface area contributed by atoms with Crippen molar-refractivity contribution in [1.29, 1.82) is 5.26 Å². The molecule has 0 aliphatic rings. The van der Waals surface area contributed by atoms with Crippen LogP contribution in [-0.2, 0) is 4.79 Å². The number of carbonyl (C=O) groups excluding carboxylic acids is 1. The monoisotopic (exact) mass is 382 g/mol. The fourth-order valence-corrected chi connectivity index (χ4v) is 2.55. The lowest BCUT2D eigenvalue weighted by molar-refractivity contribution is -0.112. The normalized spacial score (nSPS) is 10.9. The number of hydrogen-bond acceptors (Lipinski definition) is 3. The summed E-state index contributed by atoms with van der Waals surface area (Å²) in [5.41, 5.74) is 1.37. The van der Waals surface area contributed by atoms with E-state index in [0.29, 0.717) is 17.3 Å². The molecule has 0 aromatic heterocycles. The van der Waals surface area contributed by atoms with Crippen molar-refractivity contribution in [2.24, 2.45) is 0 Å². The van der Waals surface area contributed by atoms with Crippen LogP contribution in [0.5, 0.6) is 5.75 Å². The van der Waals surface area contributed by atoms with Gasteiger partial charge in [-0.3, -0.25) is 4.79 Å². The van der Waals surface area contributed by atoms with E-state index in [9.17, 15) is 10.1 Å². The van der Waals surface area contributed by atoms with Crippen LogP contribution in [0.2, 0.25) is 5.02 Å². The second-order valence-corrected chi connectivity index (χ2v) is 6.55. The van der Waals surface area contributed by atoms with E-state index in [0.717, 1.165) is 17.7 Å². The van der Waals surface area contributed by atoms with Gasteiger partial charge in [0.1, 0.15) is 17.4 Å². The summed E-state index contributed by atoms with van der Waals surface area (Å²) in [5.74, 6) is 0.323. The highest BCUT2D eigenvalue weighted by Gasteiger charge is 2.09. The van der Waals surface area contributed by atoms with Gasteiger partial charge in [0.05, 0.1) is 6.61 Å². The Hall–Kier alpha value is -2.77. The molecule has 0 saturated heterocycles. The van der Waals surface area contributed by atoms with Gasteiger partial charge in [-0.1, -0.05) is 49.9 Å². The van der Waals surface area contributed by atoms with Gasteiger partial charge in [0.25, 0.3) is 5.91 Å². The number of carbonyl (C=O) groups is 1. The van der Waals surface area contributed by atoms with Crippen LogP contribution in [-0.4, -0.2) is 12.5 Å². The number of benzene rings is 2. The SMILES string of the molecule is CCCCCCOc1ccc(/C=C(/C#N)C(=O)Nc2ccc(Cl)cc2)cc1. The lowest BCUT2D eigenvalue weighted by Crippen LogP contribution is -2.13. The Morgan fingerprint density at radius 1 is 1.11 bits per heavy atom. The molecule has 2 rings (SSSR count). The molecule has 1 N–H and O–H groups in total. The number of nitrogens with zero attached hydrogens (tertiary/aromatic N) is 1. The molecule has 0 saturated carbocycles. The van der Waals surface area contributed by atoms with Gasteiger partial charge in [0.2, 0.25) is 0 Å². The molecule has 27 heavy (non-hydrogen) atoms. The Bertz CT molecular complexity index is 806. The van der Waals surface area contributed by atoms with Gasteiger partial charge in [0, 0.05) is 10.7 Å². The van der Waals surface area contributed by atoms with E-state index in [1.165, 1.54) is 19.3 Å². The van der Waals surface area contributed by atoms with E-state index >= 15 is 0 Å². The summed E-state index contributed by atoms with van der Waals surface area (Å²) >= 11 is 5.83. The number of nitriles is 1. The van der Waals surface area contributed by atoms with Crippen LogP contribution in [0, 0.1) is 11.3 Å². The minimum absolute atomic E-state index is 0.0261. The second kappa shape index (κ2) is 11.1. The maximum atomic E-state index is 12.3. The fourth-order valence-electron chi connectivity index (χ4n) is 2.43. The van der Waals surface area contributed by atoms with Crippen molar-refractivity contribution in [1.82, 2.24) is 0 Å². The number of hydrogen-bond donors (Lipinski definition) is 1. The highest BCUT2D eigenvalue weighted by molar-refractivity contribution is 6.30. The Balaban J connectivity index is 1.95. The Kier molecular flexibility index (Phi) is 8.41. The zero-order chi connectivity index (χ0) is 19.5. The van der Waals surface area contributed by atoms with Crippen LogP contribution < -0.4 is 10.1 Å². The topological polar surface area (TPSA) is 62.1 Å². The number of unbranched alkanes of at least 4 members (excludes halogenated alkanes) is 3. The summed E-state index contributed by atoms with van der Waals surface area (Å²) in [6, 6.07) is 16.0. The molecule has 0 aliphatic carbocycles. The highest BCUT2D eigenvalue weighted by atomic mass is 35.5. The summed E-state index contributed by atoms with van der Waals surface area (Å²) < 4.78 is 5.70. The molecule has 0 aliphatic heterocycles. The summed E-state index contributed by atoms with van der Waals surface area (Å²) in [5, 5.41) is 12.6. The third kappa shape index (κ3) is 7.16. The molecule has 0 heterocycles. The number of rotatable bonds is 9. The summed E-state index contributed by atoms with van der Waals surface area (Å²) in [4.78, 5) is 12.3. The fraction of sp³-hybridized carbons (Fsp3) is 0.273. The van der Waals surface area contributed by atoms with Crippen molar-refractivity contribution in [3.05, 3.63) is 64.7 Å². The van der Waals surface area contributed by atoms with Crippen molar-refractivity contribution in [3.8, 4) is 11.8 Å². The average molecular weight is 383 g/mol. The predicted octanol–water partition coefficient (Wildman–Crippen LogP) is 5.84. The highest BCUT2D eigenvalue weighted by Crippen LogP contribution is 2.17. The zero-order valence-corrected chi connectivity index (χ0v) is 16.1. The number of nitrogens with one attached hydrogen (secondary N) is 1. The van der Waals surface area contributed by atoms with Crippen molar-refractivity contribution in [2.45, 2.75) is 32.6 Å². The molecular formula is C22H23ClN2O2. The molecular weight excluding hydrogens is 360 g/mol. The molecule has 4 nitrogen and oxygen atoms in total. The molecule has 0 bridgehead atoms. The number of anilines is 1. The standard InChI is InChI=1S/C22H23ClN2O2/c1-2-3-4-5-14-27-21-12-6-17(7-13-21)15-18(16-24)22(26)25-20-10-8-19(23)9-11-20/h6-13,15H,2-5,14H2,1H3,(H,25,26)/b18-15-. The predicted molar refractivity (Wildman–Crippen MR) is 110 cm³/mol. The molecule has 2 aromatic carbocycles. The van der Waals surface area contributed by atoms with Gasteiger partial charge < -0.3 is 10.1 Å². The Morgan fingerprint density at radius 3 is 2.44 bits per heavy atom. The first-order valence-corrected chi connectivity index (χ1v) is 9.41. The van der Waals surface area contributed by atoms with E-state index in [1.807, 2.05) is 30.3 Å². The van der Waals surface area contributed by atoms with E-state index in [4.69, 9.17) is 16.3 Å². The first-order valence-electron chi connectivity index (χ1n) is 9.04. The number of ether oxygens (including phenoxy) is 1. The van der Waals surface area contributed by atoms with Crippen LogP contribution in [0.15, 0.2) is 54.1 Å². The quantitative estimate of drug-likeness (QED) is 0.336. The maximum absolute atomic E-state index is 12.3. The molecule has 0 atom stereocenters. The van der Waals surface area contributed by atoms with E-state index in [1.54, 1.807) is 30.3 Å². The van der Waals surface area contributed by atoms with Gasteiger partial charge in [-0.25, -0.2) is 0 Å². The van der Waals surface area contributed by atoms with Crippen molar-refractivity contribution < 1.29 is 9.53 Å². The van der Waals surface area contributed by atoms with Crippen LogP contribution >= 0.6 is 11.6 Å². The van der Waals surface area contributed by atoms with Crippen LogP contribution in [0.25, 0.3) is 6.08 Å². The third-order valence-corrected chi connectivity index (χ3v) is 4.18. The van der Waals surface area contributed by atoms with Crippen molar-refractivity contribution >= 4 is 29.3 Å². The third-order valence-electron chi connectivity index (χ3n) is 3.92.